The Kier molecular flexibility index (Phi) is 3.80. The lowest BCUT2D eigenvalue weighted by Crippen LogP contribution is -2.31. The molecule has 6 heteroatoms. The highest BCUT2D eigenvalue weighted by atomic mass is 19.4. The summed E-state index contributed by atoms with van der Waals surface area (Å²) in [6.45, 7) is 0.340. The van der Waals surface area contributed by atoms with Crippen molar-refractivity contribution in [2.75, 3.05) is 13.7 Å². The predicted octanol–water partition coefficient (Wildman–Crippen LogP) is 2.32. The topological polar surface area (TPSA) is 38.3 Å². The first kappa shape index (κ1) is 13.9. The highest BCUT2D eigenvalue weighted by Crippen LogP contribution is 2.37. The molecule has 19 heavy (non-hydrogen) atoms. The first-order valence-corrected chi connectivity index (χ1v) is 5.91. The molecule has 0 aromatic heterocycles. The third-order valence-electron chi connectivity index (χ3n) is 3.32. The number of halogens is 3. The van der Waals surface area contributed by atoms with Crippen LogP contribution in [0.4, 0.5) is 13.2 Å². The van der Waals surface area contributed by atoms with Gasteiger partial charge in [-0.15, -0.1) is 0 Å². The Morgan fingerprint density at radius 2 is 2.05 bits per heavy atom. The summed E-state index contributed by atoms with van der Waals surface area (Å²) >= 11 is 0. The molecule has 1 aromatic rings. The molecular weight excluding hydrogens is 259 g/mol. The summed E-state index contributed by atoms with van der Waals surface area (Å²) in [7, 11) is 1.26. The van der Waals surface area contributed by atoms with Crippen molar-refractivity contribution in [2.45, 2.75) is 24.6 Å². The number of benzene rings is 1. The summed E-state index contributed by atoms with van der Waals surface area (Å²) in [6, 6.07) is 4.95. The van der Waals surface area contributed by atoms with Crippen molar-refractivity contribution >= 4 is 5.97 Å². The van der Waals surface area contributed by atoms with E-state index in [0.717, 1.165) is 6.07 Å². The lowest BCUT2D eigenvalue weighted by molar-refractivity contribution is -0.142. The van der Waals surface area contributed by atoms with Crippen LogP contribution < -0.4 is 5.32 Å². The Bertz CT molecular complexity index is 473. The standard InChI is InChI=1S/C13H14F3NO2/c1-19-12(18)11-6-8(7-17-11)9-4-2-3-5-10(9)13(14,15)16/h2-5,8,11,17H,6-7H2,1H3. The second-order valence-corrected chi connectivity index (χ2v) is 4.50. The molecule has 1 aliphatic rings. The Morgan fingerprint density at radius 3 is 2.68 bits per heavy atom. The molecule has 1 heterocycles. The Hall–Kier alpha value is -1.56. The number of nitrogens with one attached hydrogen (secondary N) is 1. The molecule has 2 unspecified atom stereocenters. The molecule has 0 saturated carbocycles. The zero-order chi connectivity index (χ0) is 14.0. The Labute approximate surface area is 108 Å². The average Bonchev–Trinajstić information content (AvgIpc) is 2.86. The smallest absolute Gasteiger partial charge is 0.416 e. The van der Waals surface area contributed by atoms with Crippen LogP contribution in [0.3, 0.4) is 0 Å². The molecule has 0 bridgehead atoms. The number of carbonyl (C=O) groups excluding carboxylic acids is 1. The minimum absolute atomic E-state index is 0.230. The van der Waals surface area contributed by atoms with E-state index < -0.39 is 23.8 Å². The van der Waals surface area contributed by atoms with Crippen LogP contribution in [-0.2, 0) is 15.7 Å². The molecule has 1 aromatic carbocycles. The van der Waals surface area contributed by atoms with E-state index in [1.807, 2.05) is 0 Å². The van der Waals surface area contributed by atoms with Crippen molar-refractivity contribution in [3.63, 3.8) is 0 Å². The van der Waals surface area contributed by atoms with Crippen LogP contribution in [0.5, 0.6) is 0 Å². The summed E-state index contributed by atoms with van der Waals surface area (Å²) in [4.78, 5) is 11.4. The monoisotopic (exact) mass is 273 g/mol. The van der Waals surface area contributed by atoms with Gasteiger partial charge in [-0.1, -0.05) is 18.2 Å². The van der Waals surface area contributed by atoms with E-state index in [1.165, 1.54) is 19.2 Å². The van der Waals surface area contributed by atoms with Crippen LogP contribution in [0.1, 0.15) is 23.5 Å². The first-order chi connectivity index (χ1) is 8.93. The molecule has 1 N–H and O–H groups in total. The molecule has 1 fully saturated rings. The van der Waals surface area contributed by atoms with Gasteiger partial charge < -0.3 is 10.1 Å². The summed E-state index contributed by atoms with van der Waals surface area (Å²) in [5.74, 6) is -0.770. The Morgan fingerprint density at radius 1 is 1.37 bits per heavy atom. The highest BCUT2D eigenvalue weighted by molar-refractivity contribution is 5.76. The third-order valence-corrected chi connectivity index (χ3v) is 3.32. The van der Waals surface area contributed by atoms with Gasteiger partial charge in [-0.3, -0.25) is 4.79 Å². The van der Waals surface area contributed by atoms with Gasteiger partial charge >= 0.3 is 12.1 Å². The van der Waals surface area contributed by atoms with Gasteiger partial charge in [-0.05, 0) is 24.0 Å². The molecule has 104 valence electrons. The number of carbonyl (C=O) groups is 1. The Balaban J connectivity index is 2.23. The van der Waals surface area contributed by atoms with E-state index in [2.05, 4.69) is 10.1 Å². The van der Waals surface area contributed by atoms with Crippen molar-refractivity contribution in [1.82, 2.24) is 5.32 Å². The summed E-state index contributed by atoms with van der Waals surface area (Å²) in [5.41, 5.74) is -0.402. The molecule has 2 rings (SSSR count). The van der Waals surface area contributed by atoms with E-state index in [4.69, 9.17) is 0 Å². The fourth-order valence-corrected chi connectivity index (χ4v) is 2.41. The van der Waals surface area contributed by atoms with Crippen LogP contribution >= 0.6 is 0 Å². The van der Waals surface area contributed by atoms with Gasteiger partial charge in [0, 0.05) is 6.54 Å². The minimum Gasteiger partial charge on any atom is -0.468 e. The number of esters is 1. The molecule has 0 spiro atoms. The first-order valence-electron chi connectivity index (χ1n) is 5.91. The largest absolute Gasteiger partial charge is 0.468 e. The lowest BCUT2D eigenvalue weighted by Gasteiger charge is -2.16. The maximum Gasteiger partial charge on any atom is 0.416 e. The molecular formula is C13H14F3NO2. The van der Waals surface area contributed by atoms with Crippen molar-refractivity contribution in [3.05, 3.63) is 35.4 Å². The van der Waals surface area contributed by atoms with Gasteiger partial charge in [0.1, 0.15) is 6.04 Å². The van der Waals surface area contributed by atoms with Crippen LogP contribution in [-0.4, -0.2) is 25.7 Å². The van der Waals surface area contributed by atoms with Gasteiger partial charge in [0.15, 0.2) is 0 Å². The fraction of sp³-hybridized carbons (Fsp3) is 0.462. The summed E-state index contributed by atoms with van der Waals surface area (Å²) in [6.07, 6.45) is -4.06. The van der Waals surface area contributed by atoms with Crippen molar-refractivity contribution in [1.29, 1.82) is 0 Å². The van der Waals surface area contributed by atoms with E-state index in [9.17, 15) is 18.0 Å². The number of ether oxygens (including phenoxy) is 1. The van der Waals surface area contributed by atoms with Crippen LogP contribution in [0.2, 0.25) is 0 Å². The van der Waals surface area contributed by atoms with Crippen molar-refractivity contribution in [3.8, 4) is 0 Å². The predicted molar refractivity (Wildman–Crippen MR) is 62.6 cm³/mol. The summed E-state index contributed by atoms with van der Waals surface area (Å²) < 4.78 is 43.3. The molecule has 2 atom stereocenters. The SMILES string of the molecule is COC(=O)C1CC(c2ccccc2C(F)(F)F)CN1. The maximum absolute atomic E-state index is 12.9. The summed E-state index contributed by atoms with van der Waals surface area (Å²) in [5, 5.41) is 2.89. The van der Waals surface area contributed by atoms with Gasteiger partial charge in [-0.25, -0.2) is 0 Å². The third kappa shape index (κ3) is 2.89. The van der Waals surface area contributed by atoms with Gasteiger partial charge in [0.25, 0.3) is 0 Å². The zero-order valence-corrected chi connectivity index (χ0v) is 10.3. The molecule has 0 aliphatic carbocycles. The number of rotatable bonds is 2. The van der Waals surface area contributed by atoms with Gasteiger partial charge in [-0.2, -0.15) is 13.2 Å². The fourth-order valence-electron chi connectivity index (χ4n) is 2.41. The van der Waals surface area contributed by atoms with Crippen LogP contribution in [0.25, 0.3) is 0 Å². The number of methoxy groups -OCH3 is 1. The van der Waals surface area contributed by atoms with Gasteiger partial charge in [0.2, 0.25) is 0 Å². The van der Waals surface area contributed by atoms with Crippen molar-refractivity contribution < 1.29 is 22.7 Å². The molecule has 1 aliphatic heterocycles. The molecule has 1 saturated heterocycles. The van der Waals surface area contributed by atoms with Crippen LogP contribution in [0.15, 0.2) is 24.3 Å². The molecule has 3 nitrogen and oxygen atoms in total. The number of hydrogen-bond acceptors (Lipinski definition) is 3. The number of alkyl halides is 3. The van der Waals surface area contributed by atoms with E-state index in [1.54, 1.807) is 6.07 Å². The van der Waals surface area contributed by atoms with E-state index in [0.29, 0.717) is 13.0 Å². The normalized spacial score (nSPS) is 23.4. The minimum atomic E-state index is -4.38. The zero-order valence-electron chi connectivity index (χ0n) is 10.3. The van der Waals surface area contributed by atoms with E-state index in [-0.39, 0.29) is 11.5 Å². The lowest BCUT2D eigenvalue weighted by atomic mass is 9.92. The quantitative estimate of drug-likeness (QED) is 0.840. The van der Waals surface area contributed by atoms with E-state index >= 15 is 0 Å². The number of hydrogen-bond donors (Lipinski definition) is 1. The van der Waals surface area contributed by atoms with Crippen LogP contribution in [0, 0.1) is 0 Å². The van der Waals surface area contributed by atoms with Crippen molar-refractivity contribution in [2.24, 2.45) is 0 Å². The molecule has 0 amide bonds. The van der Waals surface area contributed by atoms with Gasteiger partial charge in [0.05, 0.1) is 12.7 Å². The average molecular weight is 273 g/mol. The maximum atomic E-state index is 12.9. The second-order valence-electron chi connectivity index (χ2n) is 4.50. The second kappa shape index (κ2) is 5.21. The molecule has 0 radical (unpaired) electrons. The highest BCUT2D eigenvalue weighted by Gasteiger charge is 2.38.